The molecule has 5 heteroatoms. The van der Waals surface area contributed by atoms with E-state index in [0.29, 0.717) is 26.2 Å². The molecule has 1 rings (SSSR count). The average Bonchev–Trinajstić information content (AvgIpc) is 2.41. The summed E-state index contributed by atoms with van der Waals surface area (Å²) < 4.78 is 5.31. The zero-order valence-corrected chi connectivity index (χ0v) is 12.4. The number of hydrogen-bond donors (Lipinski definition) is 1. The van der Waals surface area contributed by atoms with Crippen molar-refractivity contribution in [3.8, 4) is 0 Å². The minimum absolute atomic E-state index is 0.0282. The molecule has 0 saturated carbocycles. The molecule has 19 heavy (non-hydrogen) atoms. The summed E-state index contributed by atoms with van der Waals surface area (Å²) in [5.41, 5.74) is 0. The van der Waals surface area contributed by atoms with Crippen LogP contribution in [0.25, 0.3) is 0 Å². The quantitative estimate of drug-likeness (QED) is 0.707. The Hall–Kier alpha value is -1.10. The zero-order chi connectivity index (χ0) is 14.4. The molecule has 0 aromatic carbocycles. The summed E-state index contributed by atoms with van der Waals surface area (Å²) in [5.74, 6) is 0.147. The highest BCUT2D eigenvalue weighted by molar-refractivity contribution is 5.97. The first-order valence-corrected chi connectivity index (χ1v) is 7.25. The molecule has 0 aromatic rings. The van der Waals surface area contributed by atoms with Gasteiger partial charge >= 0.3 is 0 Å². The van der Waals surface area contributed by atoms with Crippen LogP contribution in [0, 0.1) is 5.92 Å². The molecule has 110 valence electrons. The van der Waals surface area contributed by atoms with Gasteiger partial charge in [-0.15, -0.1) is 0 Å². The lowest BCUT2D eigenvalue weighted by Crippen LogP contribution is -2.65. The van der Waals surface area contributed by atoms with Gasteiger partial charge < -0.3 is 15.0 Å². The summed E-state index contributed by atoms with van der Waals surface area (Å²) in [6, 6.07) is -0.741. The smallest absolute Gasteiger partial charge is 0.246 e. The van der Waals surface area contributed by atoms with E-state index in [2.05, 4.69) is 5.32 Å². The third-order valence-corrected chi connectivity index (χ3v) is 3.81. The first kappa shape index (κ1) is 16.0. The molecule has 0 bridgehead atoms. The van der Waals surface area contributed by atoms with Crippen LogP contribution >= 0.6 is 0 Å². The van der Waals surface area contributed by atoms with E-state index in [1.807, 2.05) is 27.7 Å². The first-order valence-electron chi connectivity index (χ1n) is 7.25. The Morgan fingerprint density at radius 2 is 2.00 bits per heavy atom. The van der Waals surface area contributed by atoms with Crippen LogP contribution < -0.4 is 5.32 Å². The van der Waals surface area contributed by atoms with Gasteiger partial charge in [-0.05, 0) is 19.3 Å². The highest BCUT2D eigenvalue weighted by atomic mass is 16.5. The van der Waals surface area contributed by atoms with Crippen molar-refractivity contribution < 1.29 is 14.3 Å². The van der Waals surface area contributed by atoms with Crippen molar-refractivity contribution >= 4 is 11.8 Å². The van der Waals surface area contributed by atoms with Crippen molar-refractivity contribution in [3.05, 3.63) is 0 Å². The van der Waals surface area contributed by atoms with Crippen LogP contribution in [0.2, 0.25) is 0 Å². The summed E-state index contributed by atoms with van der Waals surface area (Å²) in [4.78, 5) is 26.3. The van der Waals surface area contributed by atoms with Crippen LogP contribution in [0.4, 0.5) is 0 Å². The van der Waals surface area contributed by atoms with Crippen molar-refractivity contribution in [3.63, 3.8) is 0 Å². The van der Waals surface area contributed by atoms with Crippen molar-refractivity contribution in [2.75, 3.05) is 19.8 Å². The second-order valence-electron chi connectivity index (χ2n) is 5.02. The second-order valence-corrected chi connectivity index (χ2v) is 5.02. The molecule has 0 radical (unpaired) electrons. The summed E-state index contributed by atoms with van der Waals surface area (Å²) in [7, 11) is 0. The summed E-state index contributed by atoms with van der Waals surface area (Å²) >= 11 is 0. The molecule has 1 saturated heterocycles. The Morgan fingerprint density at radius 1 is 1.32 bits per heavy atom. The van der Waals surface area contributed by atoms with Crippen molar-refractivity contribution in [2.45, 2.75) is 52.6 Å². The van der Waals surface area contributed by atoms with Crippen molar-refractivity contribution in [1.29, 1.82) is 0 Å². The maximum atomic E-state index is 12.5. The van der Waals surface area contributed by atoms with E-state index in [4.69, 9.17) is 4.74 Å². The molecular formula is C14H26N2O3. The fourth-order valence-electron chi connectivity index (χ4n) is 2.39. The fourth-order valence-corrected chi connectivity index (χ4v) is 2.39. The number of amides is 2. The van der Waals surface area contributed by atoms with Gasteiger partial charge in [-0.2, -0.15) is 0 Å². The Labute approximate surface area is 115 Å². The van der Waals surface area contributed by atoms with E-state index in [1.54, 1.807) is 4.90 Å². The molecule has 1 N–H and O–H groups in total. The molecule has 1 heterocycles. The van der Waals surface area contributed by atoms with E-state index in [-0.39, 0.29) is 29.8 Å². The Kier molecular flexibility index (Phi) is 6.28. The van der Waals surface area contributed by atoms with Gasteiger partial charge in [-0.1, -0.05) is 27.2 Å². The maximum Gasteiger partial charge on any atom is 0.246 e. The maximum absolute atomic E-state index is 12.5. The third kappa shape index (κ3) is 3.69. The number of carbonyl (C=O) groups is 2. The van der Waals surface area contributed by atoms with E-state index >= 15 is 0 Å². The van der Waals surface area contributed by atoms with E-state index < -0.39 is 0 Å². The van der Waals surface area contributed by atoms with Gasteiger partial charge in [0.15, 0.2) is 0 Å². The SMILES string of the molecule is CCOCCN1C(=O)C(C(C)CC)NC(=O)C1CC. The molecule has 0 spiro atoms. The van der Waals surface area contributed by atoms with Gasteiger partial charge in [0.2, 0.25) is 11.8 Å². The van der Waals surface area contributed by atoms with Crippen molar-refractivity contribution in [2.24, 2.45) is 5.92 Å². The number of nitrogens with one attached hydrogen (secondary N) is 1. The largest absolute Gasteiger partial charge is 0.380 e. The molecule has 3 atom stereocenters. The van der Waals surface area contributed by atoms with Gasteiger partial charge in [-0.3, -0.25) is 9.59 Å². The van der Waals surface area contributed by atoms with E-state index in [9.17, 15) is 9.59 Å². The highest BCUT2D eigenvalue weighted by Crippen LogP contribution is 2.19. The fraction of sp³-hybridized carbons (Fsp3) is 0.857. The van der Waals surface area contributed by atoms with Crippen LogP contribution in [0.3, 0.4) is 0 Å². The van der Waals surface area contributed by atoms with E-state index in [1.165, 1.54) is 0 Å². The lowest BCUT2D eigenvalue weighted by Gasteiger charge is -2.40. The molecule has 1 aliphatic rings. The minimum Gasteiger partial charge on any atom is -0.380 e. The van der Waals surface area contributed by atoms with Gasteiger partial charge in [0.25, 0.3) is 0 Å². The van der Waals surface area contributed by atoms with Gasteiger partial charge in [0.1, 0.15) is 12.1 Å². The number of rotatable bonds is 7. The van der Waals surface area contributed by atoms with Crippen LogP contribution in [0.1, 0.15) is 40.5 Å². The topological polar surface area (TPSA) is 58.6 Å². The highest BCUT2D eigenvalue weighted by Gasteiger charge is 2.40. The van der Waals surface area contributed by atoms with Gasteiger partial charge in [-0.25, -0.2) is 0 Å². The third-order valence-electron chi connectivity index (χ3n) is 3.81. The number of hydrogen-bond acceptors (Lipinski definition) is 3. The standard InChI is InChI=1S/C14H26N2O3/c1-5-10(4)12-14(18)16(8-9-19-7-3)11(6-2)13(17)15-12/h10-12H,5-9H2,1-4H3,(H,15,17). The second kappa shape index (κ2) is 7.48. The molecule has 0 aliphatic carbocycles. The Morgan fingerprint density at radius 3 is 2.53 bits per heavy atom. The molecule has 0 aromatic heterocycles. The summed E-state index contributed by atoms with van der Waals surface area (Å²) in [6.45, 7) is 9.47. The Balaban J connectivity index is 2.80. The van der Waals surface area contributed by atoms with Crippen LogP contribution in [-0.2, 0) is 14.3 Å². The zero-order valence-electron chi connectivity index (χ0n) is 12.4. The van der Waals surface area contributed by atoms with Gasteiger partial charge in [0, 0.05) is 13.2 Å². The normalized spacial score (nSPS) is 25.4. The molecule has 1 aliphatic heterocycles. The van der Waals surface area contributed by atoms with Gasteiger partial charge in [0.05, 0.1) is 6.61 Å². The van der Waals surface area contributed by atoms with Crippen molar-refractivity contribution in [1.82, 2.24) is 10.2 Å². The van der Waals surface area contributed by atoms with Crippen LogP contribution in [0.5, 0.6) is 0 Å². The average molecular weight is 270 g/mol. The number of carbonyl (C=O) groups excluding carboxylic acids is 2. The summed E-state index contributed by atoms with van der Waals surface area (Å²) in [6.07, 6.45) is 1.50. The minimum atomic E-state index is -0.387. The lowest BCUT2D eigenvalue weighted by molar-refractivity contribution is -0.151. The van der Waals surface area contributed by atoms with Crippen LogP contribution in [0.15, 0.2) is 0 Å². The first-order chi connectivity index (χ1) is 9.06. The monoisotopic (exact) mass is 270 g/mol. The number of ether oxygens (including phenoxy) is 1. The Bertz CT molecular complexity index is 320. The summed E-state index contributed by atoms with van der Waals surface area (Å²) in [5, 5.41) is 2.87. The van der Waals surface area contributed by atoms with E-state index in [0.717, 1.165) is 6.42 Å². The lowest BCUT2D eigenvalue weighted by atomic mass is 9.93. The molecule has 1 fully saturated rings. The predicted molar refractivity (Wildman–Crippen MR) is 73.7 cm³/mol. The predicted octanol–water partition coefficient (Wildman–Crippen LogP) is 1.17. The molecule has 5 nitrogen and oxygen atoms in total. The molecule has 3 unspecified atom stereocenters. The number of piperazine rings is 1. The van der Waals surface area contributed by atoms with Crippen LogP contribution in [-0.4, -0.2) is 48.6 Å². The molecular weight excluding hydrogens is 244 g/mol. The molecule has 2 amide bonds. The number of nitrogens with zero attached hydrogens (tertiary/aromatic N) is 1.